The predicted molar refractivity (Wildman–Crippen MR) is 66.9 cm³/mol. The molecule has 0 atom stereocenters. The van der Waals surface area contributed by atoms with E-state index in [0.717, 1.165) is 3.97 Å². The van der Waals surface area contributed by atoms with Crippen LogP contribution in [-0.4, -0.2) is 27.8 Å². The summed E-state index contributed by atoms with van der Waals surface area (Å²) in [5.41, 5.74) is 0. The van der Waals surface area contributed by atoms with E-state index in [1.54, 1.807) is 0 Å². The van der Waals surface area contributed by atoms with Crippen LogP contribution in [0.4, 0.5) is 0 Å². The second kappa shape index (κ2) is 5.32. The van der Waals surface area contributed by atoms with Gasteiger partial charge >= 0.3 is 10.3 Å². The van der Waals surface area contributed by atoms with Gasteiger partial charge in [0.1, 0.15) is 12.4 Å². The molecule has 0 aliphatic heterocycles. The third kappa shape index (κ3) is 4.30. The minimum absolute atomic E-state index is 0.0730. The molecule has 0 aliphatic carbocycles. The molecule has 0 bridgehead atoms. The highest BCUT2D eigenvalue weighted by Gasteiger charge is 2.27. The van der Waals surface area contributed by atoms with Crippen molar-refractivity contribution in [1.29, 1.82) is 0 Å². The summed E-state index contributed by atoms with van der Waals surface area (Å²) < 4.78 is 27.3. The third-order valence-electron chi connectivity index (χ3n) is 1.76. The maximum atomic E-state index is 11.8. The number of alkyl halides is 3. The molecule has 1 aromatic rings. The van der Waals surface area contributed by atoms with Gasteiger partial charge in [-0.25, -0.2) is 13.1 Å². The lowest BCUT2D eigenvalue weighted by molar-refractivity contribution is 0.318. The number of halogens is 3. The fraction of sp³-hybridized carbons (Fsp3) is 0.625. The molecule has 0 fully saturated rings. The highest BCUT2D eigenvalue weighted by molar-refractivity contribution is 7.85. The first-order valence-corrected chi connectivity index (χ1v) is 7.13. The Bertz CT molecular complexity index is 478. The summed E-state index contributed by atoms with van der Waals surface area (Å²) in [6.07, 6.45) is 2.65. The van der Waals surface area contributed by atoms with Crippen LogP contribution in [-0.2, 0) is 14.5 Å². The molecule has 5 nitrogen and oxygen atoms in total. The zero-order valence-corrected chi connectivity index (χ0v) is 12.2. The third-order valence-corrected chi connectivity index (χ3v) is 3.30. The van der Waals surface area contributed by atoms with Crippen LogP contribution in [0.15, 0.2) is 12.4 Å². The summed E-state index contributed by atoms with van der Waals surface area (Å²) in [4.78, 5) is 3.93. The van der Waals surface area contributed by atoms with Crippen molar-refractivity contribution in [1.82, 2.24) is 8.96 Å². The van der Waals surface area contributed by atoms with Crippen LogP contribution in [0.1, 0.15) is 25.6 Å². The lowest BCUT2D eigenvalue weighted by Gasteiger charge is -2.14. The molecule has 0 amide bonds. The second-order valence-electron chi connectivity index (χ2n) is 3.57. The SMILES string of the molecule is CC(C)c1nccn1S(=O)(=O)OCC(Cl)(Cl)Cl. The standard InChI is InChI=1S/C8H11Cl3N2O3S/c1-6(2)7-12-3-4-13(7)17(14,15)16-5-8(9,10)11/h3-4,6H,5H2,1-2H3. The van der Waals surface area contributed by atoms with Gasteiger partial charge < -0.3 is 0 Å². The van der Waals surface area contributed by atoms with Crippen LogP contribution in [0, 0.1) is 0 Å². The van der Waals surface area contributed by atoms with Crippen molar-refractivity contribution in [3.8, 4) is 0 Å². The minimum atomic E-state index is -4.02. The molecule has 0 saturated carbocycles. The monoisotopic (exact) mass is 320 g/mol. The molecule has 1 heterocycles. The normalized spacial score (nSPS) is 13.3. The lowest BCUT2D eigenvalue weighted by Crippen LogP contribution is -2.23. The molecule has 9 heteroatoms. The highest BCUT2D eigenvalue weighted by Crippen LogP contribution is 2.27. The average Bonchev–Trinajstić information content (AvgIpc) is 2.62. The number of imidazole rings is 1. The first kappa shape index (κ1) is 15.0. The van der Waals surface area contributed by atoms with Gasteiger partial charge in [-0.05, 0) is 0 Å². The van der Waals surface area contributed by atoms with Gasteiger partial charge in [-0.2, -0.15) is 8.42 Å². The van der Waals surface area contributed by atoms with Gasteiger partial charge in [-0.3, -0.25) is 0 Å². The Morgan fingerprint density at radius 3 is 2.53 bits per heavy atom. The van der Waals surface area contributed by atoms with E-state index >= 15 is 0 Å². The Balaban J connectivity index is 2.94. The Morgan fingerprint density at radius 2 is 2.06 bits per heavy atom. The van der Waals surface area contributed by atoms with E-state index in [0.29, 0.717) is 5.82 Å². The van der Waals surface area contributed by atoms with Crippen LogP contribution in [0.25, 0.3) is 0 Å². The van der Waals surface area contributed by atoms with Crippen molar-refractivity contribution in [2.75, 3.05) is 6.61 Å². The van der Waals surface area contributed by atoms with Crippen LogP contribution in [0.5, 0.6) is 0 Å². The molecular weight excluding hydrogens is 311 g/mol. The summed E-state index contributed by atoms with van der Waals surface area (Å²) >= 11 is 16.3. The number of nitrogens with zero attached hydrogens (tertiary/aromatic N) is 2. The molecule has 0 radical (unpaired) electrons. The van der Waals surface area contributed by atoms with Crippen molar-refractivity contribution in [2.45, 2.75) is 23.6 Å². The van der Waals surface area contributed by atoms with Crippen molar-refractivity contribution < 1.29 is 12.6 Å². The van der Waals surface area contributed by atoms with E-state index in [1.807, 2.05) is 13.8 Å². The van der Waals surface area contributed by atoms with E-state index in [-0.39, 0.29) is 5.92 Å². The molecule has 1 aromatic heterocycles. The van der Waals surface area contributed by atoms with Gasteiger partial charge in [0.25, 0.3) is 0 Å². The van der Waals surface area contributed by atoms with Crippen molar-refractivity contribution in [2.24, 2.45) is 0 Å². The number of aromatic nitrogens is 2. The fourth-order valence-electron chi connectivity index (χ4n) is 1.09. The first-order valence-electron chi connectivity index (χ1n) is 4.63. The summed E-state index contributed by atoms with van der Waals surface area (Å²) in [5.74, 6) is 0.283. The Hall–Kier alpha value is -0.0100. The van der Waals surface area contributed by atoms with E-state index in [9.17, 15) is 8.42 Å². The van der Waals surface area contributed by atoms with Gasteiger partial charge in [-0.1, -0.05) is 48.7 Å². The van der Waals surface area contributed by atoms with Crippen molar-refractivity contribution in [3.05, 3.63) is 18.2 Å². The summed E-state index contributed by atoms with van der Waals surface area (Å²) in [6, 6.07) is 0. The lowest BCUT2D eigenvalue weighted by atomic mass is 10.2. The largest absolute Gasteiger partial charge is 0.367 e. The van der Waals surface area contributed by atoms with Crippen LogP contribution < -0.4 is 0 Å². The molecule has 1 rings (SSSR count). The molecule has 0 unspecified atom stereocenters. The Labute approximate surface area is 115 Å². The van der Waals surface area contributed by atoms with Crippen LogP contribution in [0.3, 0.4) is 0 Å². The Morgan fingerprint density at radius 1 is 1.47 bits per heavy atom. The van der Waals surface area contributed by atoms with E-state index in [2.05, 4.69) is 9.17 Å². The smallest absolute Gasteiger partial charge is 0.249 e. The molecule has 98 valence electrons. The van der Waals surface area contributed by atoms with E-state index < -0.39 is 20.7 Å². The second-order valence-corrected chi connectivity index (χ2v) is 7.57. The molecule has 0 spiro atoms. The van der Waals surface area contributed by atoms with Gasteiger partial charge in [0.15, 0.2) is 0 Å². The summed E-state index contributed by atoms with van der Waals surface area (Å²) in [6.45, 7) is 3.06. The minimum Gasteiger partial charge on any atom is -0.249 e. The summed E-state index contributed by atoms with van der Waals surface area (Å²) in [5, 5.41) is 0. The van der Waals surface area contributed by atoms with Crippen LogP contribution >= 0.6 is 34.8 Å². The fourth-order valence-corrected chi connectivity index (χ4v) is 2.58. The summed E-state index contributed by atoms with van der Waals surface area (Å²) in [7, 11) is -4.02. The van der Waals surface area contributed by atoms with Gasteiger partial charge in [0.05, 0.1) is 0 Å². The van der Waals surface area contributed by atoms with Gasteiger partial charge in [0, 0.05) is 18.3 Å². The Kier molecular flexibility index (Phi) is 4.71. The topological polar surface area (TPSA) is 61.2 Å². The maximum Gasteiger partial charge on any atom is 0.367 e. The zero-order chi connectivity index (χ0) is 13.3. The van der Waals surface area contributed by atoms with Crippen LogP contribution in [0.2, 0.25) is 0 Å². The maximum absolute atomic E-state index is 11.8. The first-order chi connectivity index (χ1) is 7.63. The van der Waals surface area contributed by atoms with E-state index in [1.165, 1.54) is 12.4 Å². The molecule has 0 N–H and O–H groups in total. The number of rotatable bonds is 4. The highest BCUT2D eigenvalue weighted by atomic mass is 35.6. The van der Waals surface area contributed by atoms with Gasteiger partial charge in [0.2, 0.25) is 3.79 Å². The predicted octanol–water partition coefficient (Wildman–Crippen LogP) is 2.49. The van der Waals surface area contributed by atoms with Crippen molar-refractivity contribution in [3.63, 3.8) is 0 Å². The number of hydrogen-bond acceptors (Lipinski definition) is 4. The molecule has 0 aliphatic rings. The average molecular weight is 322 g/mol. The molecule has 0 aromatic carbocycles. The number of hydrogen-bond donors (Lipinski definition) is 0. The quantitative estimate of drug-likeness (QED) is 0.799. The van der Waals surface area contributed by atoms with Crippen molar-refractivity contribution >= 4 is 45.1 Å². The van der Waals surface area contributed by atoms with Gasteiger partial charge in [-0.15, -0.1) is 0 Å². The zero-order valence-electron chi connectivity index (χ0n) is 9.10. The molecule has 0 saturated heterocycles. The molecule has 17 heavy (non-hydrogen) atoms. The molecular formula is C8H11Cl3N2O3S. The van der Waals surface area contributed by atoms with E-state index in [4.69, 9.17) is 34.8 Å².